The second kappa shape index (κ2) is 45.7. The summed E-state index contributed by atoms with van der Waals surface area (Å²) in [6, 6.07) is 59.5. The van der Waals surface area contributed by atoms with Crippen molar-refractivity contribution in [2.24, 2.45) is 5.92 Å². The van der Waals surface area contributed by atoms with Crippen LogP contribution in [0.15, 0.2) is 182 Å². The fourth-order valence-corrected chi connectivity index (χ4v) is 10.4. The van der Waals surface area contributed by atoms with E-state index in [4.69, 9.17) is 47.4 Å². The molecule has 2 aliphatic heterocycles. The zero-order valence-electron chi connectivity index (χ0n) is 50.3. The molecule has 2 saturated heterocycles. The maximum absolute atomic E-state index is 12.0. The molecule has 0 radical (unpaired) electrons. The van der Waals surface area contributed by atoms with E-state index in [0.717, 1.165) is 51.6 Å². The Kier molecular flexibility index (Phi) is 40.0. The Bertz CT molecular complexity index is 2560. The number of ether oxygens (including phenoxy) is 10. The molecule has 88 heavy (non-hydrogen) atoms. The Morgan fingerprint density at radius 2 is 0.705 bits per heavy atom. The predicted octanol–water partition coefficient (Wildman–Crippen LogP) is 14.6. The van der Waals surface area contributed by atoms with Crippen LogP contribution in [0.4, 0.5) is 0 Å². The monoisotopic (exact) mass is 1730 g/mol. The van der Waals surface area contributed by atoms with Crippen molar-refractivity contribution in [3.63, 3.8) is 0 Å². The molecule has 6 aromatic carbocycles. The number of aliphatic hydroxyl groups is 2. The van der Waals surface area contributed by atoms with Gasteiger partial charge in [0.1, 0.15) is 42.7 Å². The summed E-state index contributed by atoms with van der Waals surface area (Å²) in [5, 5.41) is 19.4. The molecule has 0 amide bonds. The standard InChI is InChI=1S/C34H42O6S.C32H38O8S.CH3I.3HI.V/c1-4-25(2)20-39-34-33(38-23-29-18-12-7-13-19-29)32(37-22-28-16-10-6-11-17-28)31(30(40-34)24-41-26(3)35)36-21-27-14-8-5-9-15-27;1-23(34)41-22-28-29(36-18-24-11-5-2-6-12-24)30(37-19-25-13-7-3-8-14-25)31(32(40-28)39-21-27(35)17-33)38-20-26-15-9-4-10-16-26;1-2;;;;/h5-19,25,30-34H,4,20-24H2,1-3H3;2-16,27-33,35H,17-22H2,1H3;1H3;3*1H;/q;;;;;;+3/p-3. The minimum atomic E-state index is -1.09. The fraction of sp³-hybridized carbons (Fsp3) is 0.433. The topological polar surface area (TPSA) is 167 Å². The molecule has 2 aliphatic rings. The molecular weight excluding hydrogens is 1650 g/mol. The molecule has 0 aromatic heterocycles. The zero-order valence-corrected chi connectivity index (χ0v) is 62.0. The summed E-state index contributed by atoms with van der Waals surface area (Å²) >= 11 is 11.9. The van der Waals surface area contributed by atoms with Crippen LogP contribution in [0.2, 0.25) is 0 Å². The summed E-state index contributed by atoms with van der Waals surface area (Å²) in [4.78, 5) is 25.6. The zero-order chi connectivity index (χ0) is 63.3. The molecule has 21 heteroatoms. The van der Waals surface area contributed by atoms with Gasteiger partial charge >= 0.3 is 64.9 Å². The molecule has 2 fully saturated rings. The molecule has 8 rings (SSSR count). The number of carbonyl (C=O) groups excluding carboxylic acids is 2. The third-order valence-electron chi connectivity index (χ3n) is 13.7. The van der Waals surface area contributed by atoms with Gasteiger partial charge in [-0.25, -0.2) is 0 Å². The first-order chi connectivity index (χ1) is 42.8. The van der Waals surface area contributed by atoms with Crippen LogP contribution in [0.1, 0.15) is 67.5 Å². The number of aliphatic hydroxyl groups excluding tert-OH is 2. The van der Waals surface area contributed by atoms with Crippen LogP contribution in [0.25, 0.3) is 0 Å². The van der Waals surface area contributed by atoms with Crippen molar-refractivity contribution in [2.75, 3.05) is 36.3 Å². The van der Waals surface area contributed by atoms with Crippen LogP contribution in [0.3, 0.4) is 0 Å². The van der Waals surface area contributed by atoms with Gasteiger partial charge in [0, 0.05) is 25.4 Å². The van der Waals surface area contributed by atoms with E-state index in [1.807, 2.05) is 187 Å². The first kappa shape index (κ1) is 77.1. The van der Waals surface area contributed by atoms with Crippen LogP contribution in [0, 0.1) is 5.92 Å². The number of rotatable bonds is 30. The van der Waals surface area contributed by atoms with E-state index in [2.05, 4.69) is 96.4 Å². The summed E-state index contributed by atoms with van der Waals surface area (Å²) in [6.45, 7) is 9.28. The average Bonchev–Trinajstić information content (AvgIpc) is 1.55. The minimum absolute atomic E-state index is 0.0247. The van der Waals surface area contributed by atoms with Crippen LogP contribution in [0.5, 0.6) is 0 Å². The second-order valence-corrected chi connectivity index (χ2v) is 58.2. The first-order valence-electron chi connectivity index (χ1n) is 29.0. The summed E-state index contributed by atoms with van der Waals surface area (Å²) in [5.41, 5.74) is 6.06. The van der Waals surface area contributed by atoms with Crippen molar-refractivity contribution in [1.82, 2.24) is 0 Å². The number of halogens is 4. The third-order valence-corrected chi connectivity index (χ3v) is 15.5. The maximum atomic E-state index is 12.0. The number of hydrogen-bond donors (Lipinski definition) is 2. The van der Waals surface area contributed by atoms with Crippen molar-refractivity contribution in [3.8, 4) is 0 Å². The van der Waals surface area contributed by atoms with Crippen molar-refractivity contribution in [2.45, 2.75) is 141 Å². The quantitative estimate of drug-likeness (QED) is 0.0323. The van der Waals surface area contributed by atoms with Gasteiger partial charge in [0.2, 0.25) is 0 Å². The summed E-state index contributed by atoms with van der Waals surface area (Å²) < 4.78 is 64.7. The van der Waals surface area contributed by atoms with E-state index in [1.165, 1.54) is 18.7 Å². The Hall–Kier alpha value is -1.62. The van der Waals surface area contributed by atoms with E-state index in [-0.39, 0.29) is 28.4 Å². The van der Waals surface area contributed by atoms with E-state index in [1.54, 1.807) is 6.92 Å². The van der Waals surface area contributed by atoms with E-state index < -0.39 is 74.1 Å². The molecule has 2 heterocycles. The molecule has 480 valence electrons. The van der Waals surface area contributed by atoms with Gasteiger partial charge in [-0.05, 0) is 44.2 Å². The molecule has 0 bridgehead atoms. The number of thioether (sulfide) groups is 2. The van der Waals surface area contributed by atoms with Gasteiger partial charge in [-0.1, -0.05) is 248 Å². The second-order valence-electron chi connectivity index (χ2n) is 20.5. The Balaban J connectivity index is 0.000000294. The third kappa shape index (κ3) is 29.8. The normalized spacial score (nSPS) is 22.1. The average molecular weight is 1740 g/mol. The molecule has 0 spiro atoms. The fourth-order valence-electron chi connectivity index (χ4n) is 9.06. The Labute approximate surface area is 580 Å². The molecule has 12 atom stereocenters. The molecule has 2 N–H and O–H groups in total. The Morgan fingerprint density at radius 1 is 0.455 bits per heavy atom. The first-order valence-corrected chi connectivity index (χ1v) is 46.6. The number of hydrogen-bond acceptors (Lipinski definition) is 16. The van der Waals surface area contributed by atoms with E-state index >= 15 is 0 Å². The van der Waals surface area contributed by atoms with Crippen molar-refractivity contribution in [3.05, 3.63) is 215 Å². The van der Waals surface area contributed by atoms with Gasteiger partial charge in [-0.2, -0.15) is 0 Å². The number of benzene rings is 6. The molecule has 0 aliphatic carbocycles. The van der Waals surface area contributed by atoms with Gasteiger partial charge in [0.25, 0.3) is 0 Å². The summed E-state index contributed by atoms with van der Waals surface area (Å²) in [6.07, 6.45) is -6.29. The molecular formula is C67H83I4O14S2V. The molecule has 0 saturated carbocycles. The van der Waals surface area contributed by atoms with Crippen LogP contribution >= 0.6 is 106 Å². The van der Waals surface area contributed by atoms with Gasteiger partial charge in [-0.3, -0.25) is 9.59 Å². The van der Waals surface area contributed by atoms with Gasteiger partial charge < -0.3 is 57.6 Å². The number of carbonyl (C=O) groups is 2. The molecule has 6 aromatic rings. The molecule has 14 nitrogen and oxygen atoms in total. The van der Waals surface area contributed by atoms with Gasteiger partial charge in [0.05, 0.1) is 71.7 Å². The van der Waals surface area contributed by atoms with Gasteiger partial charge in [-0.15, -0.1) is 0 Å². The van der Waals surface area contributed by atoms with Crippen molar-refractivity contribution in [1.29, 1.82) is 0 Å². The number of alkyl halides is 1. The van der Waals surface area contributed by atoms with Crippen LogP contribution < -0.4 is 0 Å². The summed E-state index contributed by atoms with van der Waals surface area (Å²) in [7, 11) is 0. The van der Waals surface area contributed by atoms with E-state index in [0.29, 0.717) is 57.1 Å². The van der Waals surface area contributed by atoms with Crippen molar-refractivity contribution < 1.29 is 72.1 Å². The van der Waals surface area contributed by atoms with Gasteiger partial charge in [0.15, 0.2) is 22.8 Å². The SMILES string of the molecule is CC(=O)SCC1OC(OCC(O)CO)C(OCc2ccccc2)C(OCc2ccccc2)C1OCc1ccccc1.CCC(C)COC1OC(CSC(C)=O)C(OCc2ccccc2)C(OCc2ccccc2)C1OCc1ccccc1.CI.[I][V]([I])[I]. The predicted molar refractivity (Wildman–Crippen MR) is 380 cm³/mol. The molecule has 12 unspecified atom stereocenters. The summed E-state index contributed by atoms with van der Waals surface area (Å²) in [5.74, 6) is 1.09. The van der Waals surface area contributed by atoms with Crippen LogP contribution in [-0.2, 0) is 102 Å². The van der Waals surface area contributed by atoms with Crippen molar-refractivity contribution >= 4 is 116 Å². The van der Waals surface area contributed by atoms with Crippen LogP contribution in [-0.4, -0.2) is 124 Å². The Morgan fingerprint density at radius 3 is 0.955 bits per heavy atom. The van der Waals surface area contributed by atoms with E-state index in [9.17, 15) is 19.8 Å².